The zero-order chi connectivity index (χ0) is 13.5. The van der Waals surface area contributed by atoms with Crippen LogP contribution in [0.1, 0.15) is 74.6 Å². The van der Waals surface area contributed by atoms with Gasteiger partial charge in [-0.1, -0.05) is 63.8 Å². The number of hydrogen-bond donors (Lipinski definition) is 0. The van der Waals surface area contributed by atoms with Crippen molar-refractivity contribution in [3.05, 3.63) is 46.9 Å². The lowest BCUT2D eigenvalue weighted by atomic mass is 9.91. The first-order valence-corrected chi connectivity index (χ1v) is 8.03. The predicted octanol–water partition coefficient (Wildman–Crippen LogP) is 5.73. The van der Waals surface area contributed by atoms with E-state index in [1.54, 1.807) is 11.1 Å². The molecule has 1 radical (unpaired) electrons. The first kappa shape index (κ1) is 14.4. The minimum Gasteiger partial charge on any atom is -0.0754 e. The van der Waals surface area contributed by atoms with Crippen LogP contribution < -0.4 is 0 Å². The molecule has 0 N–H and O–H groups in total. The highest BCUT2D eigenvalue weighted by molar-refractivity contribution is 5.69. The van der Waals surface area contributed by atoms with Gasteiger partial charge in [0.2, 0.25) is 0 Å². The monoisotopic (exact) mass is 255 g/mol. The lowest BCUT2D eigenvalue weighted by molar-refractivity contribution is 0.693. The van der Waals surface area contributed by atoms with Crippen LogP contribution in [0.4, 0.5) is 0 Å². The molecular formula is C19H27. The molecule has 0 fully saturated rings. The van der Waals surface area contributed by atoms with E-state index >= 15 is 0 Å². The van der Waals surface area contributed by atoms with Gasteiger partial charge in [0.25, 0.3) is 0 Å². The van der Waals surface area contributed by atoms with Gasteiger partial charge in [-0.15, -0.1) is 0 Å². The van der Waals surface area contributed by atoms with E-state index in [4.69, 9.17) is 0 Å². The maximum absolute atomic E-state index is 2.37. The molecule has 0 unspecified atom stereocenters. The van der Waals surface area contributed by atoms with E-state index in [0.717, 1.165) is 0 Å². The molecular weight excluding hydrogens is 228 g/mol. The van der Waals surface area contributed by atoms with Gasteiger partial charge in [-0.05, 0) is 47.9 Å². The number of fused-ring (bicyclic) bond motifs is 1. The fourth-order valence-corrected chi connectivity index (χ4v) is 2.96. The molecule has 0 amide bonds. The van der Waals surface area contributed by atoms with Crippen molar-refractivity contribution in [3.63, 3.8) is 0 Å². The number of allylic oxidation sites excluding steroid dienone is 1. The molecule has 0 nitrogen and oxygen atoms in total. The Hall–Kier alpha value is -1.04. The van der Waals surface area contributed by atoms with Crippen molar-refractivity contribution in [1.82, 2.24) is 0 Å². The maximum Gasteiger partial charge on any atom is 0.0131 e. The smallest absolute Gasteiger partial charge is 0.0131 e. The highest BCUT2D eigenvalue weighted by atomic mass is 14.2. The zero-order valence-corrected chi connectivity index (χ0v) is 12.5. The van der Waals surface area contributed by atoms with Crippen LogP contribution in [0.15, 0.2) is 18.2 Å². The summed E-state index contributed by atoms with van der Waals surface area (Å²) in [6.07, 6.45) is 17.3. The second-order valence-electron chi connectivity index (χ2n) is 5.65. The molecule has 19 heavy (non-hydrogen) atoms. The van der Waals surface area contributed by atoms with Crippen molar-refractivity contribution in [3.8, 4) is 0 Å². The third-order valence-electron chi connectivity index (χ3n) is 4.11. The topological polar surface area (TPSA) is 0 Å². The molecule has 0 atom stereocenters. The zero-order valence-electron chi connectivity index (χ0n) is 12.5. The Morgan fingerprint density at radius 2 is 1.58 bits per heavy atom. The minimum atomic E-state index is 1.26. The van der Waals surface area contributed by atoms with Crippen LogP contribution in [0.2, 0.25) is 0 Å². The summed E-state index contributed by atoms with van der Waals surface area (Å²) < 4.78 is 0. The standard InChI is InChI=1S/C19H27/c1-3-5-7-10-16-14-15-17-11-9-13-19(17)18(16)12-8-6-4-2/h9,11,13-15H,3-8,10,12H2,1-2H3. The summed E-state index contributed by atoms with van der Waals surface area (Å²) in [6, 6.07) is 4.68. The Morgan fingerprint density at radius 3 is 2.32 bits per heavy atom. The fourth-order valence-electron chi connectivity index (χ4n) is 2.96. The summed E-state index contributed by atoms with van der Waals surface area (Å²) in [6.45, 7) is 4.56. The quantitative estimate of drug-likeness (QED) is 0.520. The van der Waals surface area contributed by atoms with Crippen LogP contribution in [0, 0.1) is 6.42 Å². The summed E-state index contributed by atoms with van der Waals surface area (Å²) in [5.74, 6) is 0. The molecule has 103 valence electrons. The Morgan fingerprint density at radius 1 is 0.842 bits per heavy atom. The number of unbranched alkanes of at least 4 members (excludes halogenated alkanes) is 4. The summed E-state index contributed by atoms with van der Waals surface area (Å²) in [5.41, 5.74) is 6.16. The normalized spacial score (nSPS) is 12.9. The molecule has 1 aliphatic carbocycles. The largest absolute Gasteiger partial charge is 0.0754 e. The van der Waals surface area contributed by atoms with Gasteiger partial charge in [-0.2, -0.15) is 0 Å². The molecule has 0 aliphatic heterocycles. The highest BCUT2D eigenvalue weighted by Crippen LogP contribution is 2.29. The summed E-state index contributed by atoms with van der Waals surface area (Å²) in [4.78, 5) is 0. The van der Waals surface area contributed by atoms with E-state index in [1.807, 2.05) is 0 Å². The van der Waals surface area contributed by atoms with Crippen molar-refractivity contribution < 1.29 is 0 Å². The summed E-state index contributed by atoms with van der Waals surface area (Å²) in [7, 11) is 0. The van der Waals surface area contributed by atoms with Crippen LogP contribution in [0.25, 0.3) is 6.08 Å². The molecule has 0 bridgehead atoms. The van der Waals surface area contributed by atoms with Gasteiger partial charge >= 0.3 is 0 Å². The van der Waals surface area contributed by atoms with E-state index in [-0.39, 0.29) is 0 Å². The van der Waals surface area contributed by atoms with Gasteiger partial charge in [-0.25, -0.2) is 0 Å². The molecule has 0 aromatic heterocycles. The first-order chi connectivity index (χ1) is 9.36. The number of rotatable bonds is 8. The summed E-state index contributed by atoms with van der Waals surface area (Å²) in [5, 5.41) is 0. The molecule has 0 heteroatoms. The predicted molar refractivity (Wildman–Crippen MR) is 85.3 cm³/mol. The molecule has 0 saturated heterocycles. The van der Waals surface area contributed by atoms with Crippen LogP contribution in [-0.4, -0.2) is 0 Å². The Labute approximate surface area is 118 Å². The summed E-state index contributed by atoms with van der Waals surface area (Å²) >= 11 is 0. The van der Waals surface area contributed by atoms with Crippen molar-refractivity contribution >= 4 is 6.08 Å². The fraction of sp³-hybridized carbons (Fsp3) is 0.526. The second-order valence-corrected chi connectivity index (χ2v) is 5.65. The second kappa shape index (κ2) is 7.53. The lowest BCUT2D eigenvalue weighted by Gasteiger charge is -2.14. The molecule has 1 aromatic carbocycles. The van der Waals surface area contributed by atoms with Crippen LogP contribution in [0.5, 0.6) is 0 Å². The van der Waals surface area contributed by atoms with E-state index in [1.165, 1.54) is 62.5 Å². The number of benzene rings is 1. The maximum atomic E-state index is 2.37. The third-order valence-corrected chi connectivity index (χ3v) is 4.11. The van der Waals surface area contributed by atoms with Crippen molar-refractivity contribution in [2.45, 2.75) is 65.2 Å². The molecule has 0 heterocycles. The molecule has 1 aromatic rings. The van der Waals surface area contributed by atoms with Crippen LogP contribution in [-0.2, 0) is 12.8 Å². The third kappa shape index (κ3) is 3.72. The van der Waals surface area contributed by atoms with E-state index in [0.29, 0.717) is 0 Å². The Balaban J connectivity index is 2.13. The van der Waals surface area contributed by atoms with Crippen molar-refractivity contribution in [1.29, 1.82) is 0 Å². The number of hydrogen-bond acceptors (Lipinski definition) is 0. The molecule has 1 aliphatic rings. The number of aryl methyl sites for hydroxylation is 1. The van der Waals surface area contributed by atoms with Gasteiger partial charge in [0.1, 0.15) is 0 Å². The van der Waals surface area contributed by atoms with Crippen LogP contribution >= 0.6 is 0 Å². The Kier molecular flexibility index (Phi) is 5.69. The van der Waals surface area contributed by atoms with Gasteiger partial charge in [0.05, 0.1) is 0 Å². The van der Waals surface area contributed by atoms with Gasteiger partial charge < -0.3 is 0 Å². The molecule has 0 saturated carbocycles. The first-order valence-electron chi connectivity index (χ1n) is 8.03. The Bertz CT molecular complexity index is 426. The van der Waals surface area contributed by atoms with E-state index in [2.05, 4.69) is 44.6 Å². The van der Waals surface area contributed by atoms with E-state index in [9.17, 15) is 0 Å². The lowest BCUT2D eigenvalue weighted by Crippen LogP contribution is -2.00. The SMILES string of the molecule is CCCCCc1ccc2c(c1CCCCC)C=C[CH]2. The van der Waals surface area contributed by atoms with Crippen molar-refractivity contribution in [2.24, 2.45) is 0 Å². The minimum absolute atomic E-state index is 1.26. The van der Waals surface area contributed by atoms with Crippen molar-refractivity contribution in [2.75, 3.05) is 0 Å². The highest BCUT2D eigenvalue weighted by Gasteiger charge is 2.13. The molecule has 2 rings (SSSR count). The molecule has 0 spiro atoms. The van der Waals surface area contributed by atoms with Gasteiger partial charge in [0.15, 0.2) is 0 Å². The average molecular weight is 255 g/mol. The van der Waals surface area contributed by atoms with Gasteiger partial charge in [0, 0.05) is 6.42 Å². The van der Waals surface area contributed by atoms with Gasteiger partial charge in [-0.3, -0.25) is 0 Å². The average Bonchev–Trinajstić information content (AvgIpc) is 2.89. The van der Waals surface area contributed by atoms with E-state index < -0.39 is 0 Å². The van der Waals surface area contributed by atoms with Crippen LogP contribution in [0.3, 0.4) is 0 Å².